The van der Waals surface area contributed by atoms with Gasteiger partial charge in [0, 0.05) is 36.3 Å². The molecule has 0 spiro atoms. The Bertz CT molecular complexity index is 805. The zero-order valence-corrected chi connectivity index (χ0v) is 14.3. The molecule has 2 aromatic rings. The van der Waals surface area contributed by atoms with Gasteiger partial charge in [-0.05, 0) is 31.2 Å². The van der Waals surface area contributed by atoms with Crippen molar-refractivity contribution in [3.63, 3.8) is 0 Å². The molecule has 0 heterocycles. The second kappa shape index (κ2) is 7.88. The second-order valence-electron chi connectivity index (χ2n) is 5.75. The lowest BCUT2D eigenvalue weighted by Crippen LogP contribution is -2.28. The molecule has 1 amide bonds. The fourth-order valence-electron chi connectivity index (χ4n) is 2.43. The van der Waals surface area contributed by atoms with Crippen LogP contribution in [0.25, 0.3) is 0 Å². The summed E-state index contributed by atoms with van der Waals surface area (Å²) in [5.74, 6) is -1.25. The third kappa shape index (κ3) is 4.62. The normalized spacial score (nSPS) is 10.4. The van der Waals surface area contributed by atoms with Crippen molar-refractivity contribution in [1.29, 1.82) is 0 Å². The largest absolute Gasteiger partial charge is 0.496 e. The van der Waals surface area contributed by atoms with E-state index in [0.29, 0.717) is 16.9 Å². The number of hydrogen-bond acceptors (Lipinski definition) is 3. The maximum atomic E-state index is 13.7. The van der Waals surface area contributed by atoms with Crippen molar-refractivity contribution in [1.82, 2.24) is 4.90 Å². The Morgan fingerprint density at radius 1 is 1.08 bits per heavy atom. The summed E-state index contributed by atoms with van der Waals surface area (Å²) in [7, 11) is 3.01. The third-order valence-electron chi connectivity index (χ3n) is 3.88. The van der Waals surface area contributed by atoms with Gasteiger partial charge in [0.25, 0.3) is 0 Å². The number of hydrogen-bond donors (Lipinski definition) is 0. The highest BCUT2D eigenvalue weighted by atomic mass is 19.1. The number of methoxy groups -OCH3 is 1. The van der Waals surface area contributed by atoms with E-state index >= 15 is 0 Å². The van der Waals surface area contributed by atoms with Crippen molar-refractivity contribution in [2.75, 3.05) is 14.2 Å². The van der Waals surface area contributed by atoms with E-state index in [1.807, 2.05) is 0 Å². The molecular weight excluding hydrogens is 328 g/mol. The van der Waals surface area contributed by atoms with Gasteiger partial charge in [-0.2, -0.15) is 0 Å². The van der Waals surface area contributed by atoms with Crippen LogP contribution in [0.2, 0.25) is 0 Å². The van der Waals surface area contributed by atoms with Crippen LogP contribution in [0, 0.1) is 11.6 Å². The van der Waals surface area contributed by atoms with Gasteiger partial charge in [0.05, 0.1) is 13.5 Å². The van der Waals surface area contributed by atoms with Crippen molar-refractivity contribution in [3.05, 3.63) is 64.7 Å². The lowest BCUT2D eigenvalue weighted by molar-refractivity contribution is -0.129. The van der Waals surface area contributed by atoms with Crippen LogP contribution in [-0.2, 0) is 17.8 Å². The Labute approximate surface area is 145 Å². The van der Waals surface area contributed by atoms with Crippen molar-refractivity contribution in [2.45, 2.75) is 19.9 Å². The molecule has 0 atom stereocenters. The van der Waals surface area contributed by atoms with Crippen molar-refractivity contribution in [3.8, 4) is 5.75 Å². The predicted molar refractivity (Wildman–Crippen MR) is 89.5 cm³/mol. The fourth-order valence-corrected chi connectivity index (χ4v) is 2.43. The Morgan fingerprint density at radius 2 is 1.80 bits per heavy atom. The smallest absolute Gasteiger partial charge is 0.227 e. The number of amides is 1. The molecule has 2 rings (SSSR count). The summed E-state index contributed by atoms with van der Waals surface area (Å²) in [6.07, 6.45) is 0.00358. The molecule has 2 aromatic carbocycles. The summed E-state index contributed by atoms with van der Waals surface area (Å²) in [5.41, 5.74) is 1.28. The Hall–Kier alpha value is -2.76. The molecule has 0 aliphatic rings. The van der Waals surface area contributed by atoms with E-state index in [-0.39, 0.29) is 30.2 Å². The first-order valence-corrected chi connectivity index (χ1v) is 7.67. The van der Waals surface area contributed by atoms with Gasteiger partial charge in [0.2, 0.25) is 5.91 Å². The van der Waals surface area contributed by atoms with Crippen LogP contribution in [0.3, 0.4) is 0 Å². The van der Waals surface area contributed by atoms with Gasteiger partial charge in [-0.1, -0.05) is 6.07 Å². The first kappa shape index (κ1) is 18.6. The lowest BCUT2D eigenvalue weighted by atomic mass is 10.0. The van der Waals surface area contributed by atoms with Crippen LogP contribution >= 0.6 is 0 Å². The first-order chi connectivity index (χ1) is 11.8. The molecular formula is C19H19F2NO3. The molecule has 0 radical (unpaired) electrons. The third-order valence-corrected chi connectivity index (χ3v) is 3.88. The van der Waals surface area contributed by atoms with Gasteiger partial charge in [-0.25, -0.2) is 8.78 Å². The van der Waals surface area contributed by atoms with E-state index in [0.717, 1.165) is 12.1 Å². The highest BCUT2D eigenvalue weighted by Gasteiger charge is 2.16. The molecule has 0 aliphatic heterocycles. The average molecular weight is 347 g/mol. The van der Waals surface area contributed by atoms with Crippen LogP contribution in [0.15, 0.2) is 36.4 Å². The van der Waals surface area contributed by atoms with Crippen molar-refractivity contribution < 1.29 is 23.1 Å². The minimum absolute atomic E-state index is 0.00358. The topological polar surface area (TPSA) is 46.6 Å². The lowest BCUT2D eigenvalue weighted by Gasteiger charge is -2.19. The van der Waals surface area contributed by atoms with Crippen LogP contribution in [0.1, 0.15) is 28.4 Å². The summed E-state index contributed by atoms with van der Waals surface area (Å²) >= 11 is 0. The number of likely N-dealkylation sites (N-methyl/N-ethyl adjacent to an activating group) is 1. The number of ketones is 1. The van der Waals surface area contributed by atoms with E-state index in [1.54, 1.807) is 18.2 Å². The fraction of sp³-hybridized carbons (Fsp3) is 0.263. The van der Waals surface area contributed by atoms with Crippen LogP contribution in [-0.4, -0.2) is 30.7 Å². The second-order valence-corrected chi connectivity index (χ2v) is 5.75. The quantitative estimate of drug-likeness (QED) is 0.753. The number of benzene rings is 2. The van der Waals surface area contributed by atoms with Crippen molar-refractivity contribution >= 4 is 11.7 Å². The van der Waals surface area contributed by atoms with Crippen LogP contribution < -0.4 is 4.74 Å². The number of carbonyl (C=O) groups is 2. The minimum atomic E-state index is -0.698. The standard InChI is InChI=1S/C19H19F2NO3/c1-12(23)13-5-7-18(25-3)15(8-13)9-19(24)22(2)11-14-4-6-16(20)10-17(14)21/h4-8,10H,9,11H2,1-3H3. The molecule has 25 heavy (non-hydrogen) atoms. The van der Waals surface area contributed by atoms with Gasteiger partial charge in [0.15, 0.2) is 5.78 Å². The van der Waals surface area contributed by atoms with Crippen molar-refractivity contribution in [2.24, 2.45) is 0 Å². The van der Waals surface area contributed by atoms with E-state index < -0.39 is 11.6 Å². The zero-order valence-electron chi connectivity index (χ0n) is 14.3. The molecule has 0 unspecified atom stereocenters. The number of rotatable bonds is 6. The SMILES string of the molecule is COc1ccc(C(C)=O)cc1CC(=O)N(C)Cc1ccc(F)cc1F. The van der Waals surface area contributed by atoms with Gasteiger partial charge in [-0.15, -0.1) is 0 Å². The van der Waals surface area contributed by atoms with Gasteiger partial charge in [0.1, 0.15) is 17.4 Å². The van der Waals surface area contributed by atoms with Crippen LogP contribution in [0.4, 0.5) is 8.78 Å². The molecule has 0 fully saturated rings. The maximum absolute atomic E-state index is 13.7. The van der Waals surface area contributed by atoms with E-state index in [1.165, 1.54) is 32.0 Å². The summed E-state index contributed by atoms with van der Waals surface area (Å²) in [6, 6.07) is 8.13. The first-order valence-electron chi connectivity index (χ1n) is 7.67. The molecule has 0 aromatic heterocycles. The molecule has 0 saturated heterocycles. The minimum Gasteiger partial charge on any atom is -0.496 e. The Balaban J connectivity index is 2.15. The highest BCUT2D eigenvalue weighted by molar-refractivity contribution is 5.94. The highest BCUT2D eigenvalue weighted by Crippen LogP contribution is 2.22. The number of nitrogens with zero attached hydrogens (tertiary/aromatic N) is 1. The van der Waals surface area contributed by atoms with E-state index in [4.69, 9.17) is 4.74 Å². The summed E-state index contributed by atoms with van der Waals surface area (Å²) < 4.78 is 31.9. The predicted octanol–water partition coefficient (Wildman–Crippen LogP) is 3.38. The Morgan fingerprint density at radius 3 is 2.40 bits per heavy atom. The van der Waals surface area contributed by atoms with Gasteiger partial charge in [-0.3, -0.25) is 9.59 Å². The van der Waals surface area contributed by atoms with E-state index in [2.05, 4.69) is 0 Å². The monoisotopic (exact) mass is 347 g/mol. The summed E-state index contributed by atoms with van der Waals surface area (Å²) in [5, 5.41) is 0. The summed E-state index contributed by atoms with van der Waals surface area (Å²) in [4.78, 5) is 25.3. The van der Waals surface area contributed by atoms with Crippen LogP contribution in [0.5, 0.6) is 5.75 Å². The molecule has 4 nitrogen and oxygen atoms in total. The molecule has 132 valence electrons. The van der Waals surface area contributed by atoms with Gasteiger partial charge >= 0.3 is 0 Å². The maximum Gasteiger partial charge on any atom is 0.227 e. The summed E-state index contributed by atoms with van der Waals surface area (Å²) in [6.45, 7) is 1.45. The molecule has 0 aliphatic carbocycles. The molecule has 0 N–H and O–H groups in total. The molecule has 0 saturated carbocycles. The average Bonchev–Trinajstić information content (AvgIpc) is 2.57. The zero-order chi connectivity index (χ0) is 18.6. The molecule has 0 bridgehead atoms. The number of Topliss-reactive ketones (excluding diaryl/α,β-unsaturated/α-hetero) is 1. The number of ether oxygens (including phenoxy) is 1. The number of carbonyl (C=O) groups excluding carboxylic acids is 2. The number of halogens is 2. The van der Waals surface area contributed by atoms with Gasteiger partial charge < -0.3 is 9.64 Å². The molecule has 6 heteroatoms. The Kier molecular flexibility index (Phi) is 5.85. The van der Waals surface area contributed by atoms with E-state index in [9.17, 15) is 18.4 Å².